The van der Waals surface area contributed by atoms with Crippen molar-refractivity contribution < 1.29 is 4.74 Å². The molecule has 0 spiro atoms. The van der Waals surface area contributed by atoms with Crippen LogP contribution in [0.2, 0.25) is 5.32 Å². The summed E-state index contributed by atoms with van der Waals surface area (Å²) in [5.41, 5.74) is 1.08. The minimum absolute atomic E-state index is 0.315. The molecule has 0 saturated heterocycles. The van der Waals surface area contributed by atoms with Crippen LogP contribution < -0.4 is 4.46 Å². The Morgan fingerprint density at radius 2 is 1.68 bits per heavy atom. The number of aliphatic imine (C=N–C) groups is 1. The van der Waals surface area contributed by atoms with Gasteiger partial charge >= 0.3 is 119 Å². The van der Waals surface area contributed by atoms with Crippen LogP contribution in [0.1, 0.15) is 5.56 Å². The summed E-state index contributed by atoms with van der Waals surface area (Å²) in [6.45, 7) is 0.721. The normalized spacial score (nSPS) is 17.9. The Morgan fingerprint density at radius 3 is 2.42 bits per heavy atom. The molecule has 0 fully saturated rings. The van der Waals surface area contributed by atoms with E-state index in [1.54, 1.807) is 0 Å². The fraction of sp³-hybridized carbons (Fsp3) is 0.188. The van der Waals surface area contributed by atoms with Crippen molar-refractivity contribution in [3.8, 4) is 0 Å². The second-order valence-corrected chi connectivity index (χ2v) is 6.68. The third kappa shape index (κ3) is 3.25. The molecule has 0 amide bonds. The summed E-state index contributed by atoms with van der Waals surface area (Å²) < 4.78 is 7.13. The van der Waals surface area contributed by atoms with Gasteiger partial charge in [0, 0.05) is 0 Å². The van der Waals surface area contributed by atoms with Crippen molar-refractivity contribution in [2.45, 2.75) is 11.4 Å². The van der Waals surface area contributed by atoms with Gasteiger partial charge in [-0.15, -0.1) is 0 Å². The molecule has 2 aromatic carbocycles. The summed E-state index contributed by atoms with van der Waals surface area (Å²) in [7, 11) is 0. The molecule has 1 atom stereocenters. The van der Waals surface area contributed by atoms with Crippen molar-refractivity contribution in [1.82, 2.24) is 0 Å². The van der Waals surface area contributed by atoms with E-state index >= 15 is 0 Å². The van der Waals surface area contributed by atoms with E-state index in [0.29, 0.717) is 21.0 Å². The SMILES string of the molecule is c1ccc([Se]C[C@@H]2COC(c3ccccc3)=N2)cc1. The van der Waals surface area contributed by atoms with Gasteiger partial charge < -0.3 is 0 Å². The quantitative estimate of drug-likeness (QED) is 0.793. The summed E-state index contributed by atoms with van der Waals surface area (Å²) in [6.07, 6.45) is 0. The molecule has 0 radical (unpaired) electrons. The van der Waals surface area contributed by atoms with Crippen LogP contribution in [-0.2, 0) is 4.74 Å². The van der Waals surface area contributed by atoms with Crippen LogP contribution in [0.15, 0.2) is 65.7 Å². The van der Waals surface area contributed by atoms with E-state index in [2.05, 4.69) is 35.3 Å². The van der Waals surface area contributed by atoms with Crippen molar-refractivity contribution in [1.29, 1.82) is 0 Å². The minimum atomic E-state index is 0.315. The Morgan fingerprint density at radius 1 is 1.00 bits per heavy atom. The van der Waals surface area contributed by atoms with Crippen molar-refractivity contribution in [2.24, 2.45) is 4.99 Å². The predicted octanol–water partition coefficient (Wildman–Crippen LogP) is 2.28. The van der Waals surface area contributed by atoms with Crippen LogP contribution in [0.3, 0.4) is 0 Å². The monoisotopic (exact) mass is 317 g/mol. The molecular weight excluding hydrogens is 301 g/mol. The van der Waals surface area contributed by atoms with E-state index in [9.17, 15) is 0 Å². The molecule has 0 aromatic heterocycles. The van der Waals surface area contributed by atoms with Crippen molar-refractivity contribution in [3.05, 3.63) is 66.2 Å². The average Bonchev–Trinajstić information content (AvgIpc) is 2.96. The van der Waals surface area contributed by atoms with Crippen LogP contribution in [-0.4, -0.2) is 33.5 Å². The number of benzene rings is 2. The van der Waals surface area contributed by atoms with Gasteiger partial charge in [-0.1, -0.05) is 0 Å². The molecule has 2 aromatic rings. The molecule has 0 saturated carbocycles. The standard InChI is InChI=1S/C16H15NOSe/c1-3-7-13(8-4-1)16-17-14(11-18-16)12-19-15-9-5-2-6-10-15/h1-10,14H,11-12H2/t14-/m0/s1. The summed E-state index contributed by atoms with van der Waals surface area (Å²) in [4.78, 5) is 4.68. The van der Waals surface area contributed by atoms with Crippen LogP contribution in [0.25, 0.3) is 0 Å². The van der Waals surface area contributed by atoms with E-state index < -0.39 is 0 Å². The Labute approximate surface area is 119 Å². The fourth-order valence-electron chi connectivity index (χ4n) is 1.95. The van der Waals surface area contributed by atoms with Gasteiger partial charge in [0.1, 0.15) is 0 Å². The number of hydrogen-bond donors (Lipinski definition) is 0. The number of ether oxygens (including phenoxy) is 1. The Hall–Kier alpha value is -1.57. The zero-order valence-electron chi connectivity index (χ0n) is 10.5. The van der Waals surface area contributed by atoms with Gasteiger partial charge in [-0.2, -0.15) is 0 Å². The van der Waals surface area contributed by atoms with E-state index in [0.717, 1.165) is 23.4 Å². The van der Waals surface area contributed by atoms with Crippen molar-refractivity contribution in [3.63, 3.8) is 0 Å². The Kier molecular flexibility index (Phi) is 3.97. The molecule has 96 valence electrons. The predicted molar refractivity (Wildman–Crippen MR) is 79.4 cm³/mol. The molecule has 3 rings (SSSR count). The van der Waals surface area contributed by atoms with Gasteiger partial charge in [-0.25, -0.2) is 0 Å². The van der Waals surface area contributed by atoms with E-state index in [4.69, 9.17) is 4.74 Å². The fourth-order valence-corrected chi connectivity index (χ4v) is 3.85. The summed E-state index contributed by atoms with van der Waals surface area (Å²) in [5.74, 6) is 0.800. The number of rotatable bonds is 4. The Bertz CT molecular complexity index is 553. The van der Waals surface area contributed by atoms with Gasteiger partial charge in [0.05, 0.1) is 0 Å². The van der Waals surface area contributed by atoms with Gasteiger partial charge in [-0.3, -0.25) is 0 Å². The second-order valence-electron chi connectivity index (χ2n) is 4.39. The molecule has 3 heteroatoms. The van der Waals surface area contributed by atoms with Crippen LogP contribution in [0.5, 0.6) is 0 Å². The van der Waals surface area contributed by atoms with Crippen LogP contribution >= 0.6 is 0 Å². The molecule has 0 unspecified atom stereocenters. The molecule has 1 aliphatic rings. The second kappa shape index (κ2) is 6.05. The maximum absolute atomic E-state index is 5.70. The average molecular weight is 316 g/mol. The Balaban J connectivity index is 1.61. The molecule has 0 N–H and O–H groups in total. The van der Waals surface area contributed by atoms with E-state index in [1.165, 1.54) is 4.46 Å². The van der Waals surface area contributed by atoms with Crippen LogP contribution in [0.4, 0.5) is 0 Å². The summed E-state index contributed by atoms with van der Waals surface area (Å²) in [6, 6.07) is 21.1. The zero-order chi connectivity index (χ0) is 12.9. The first-order valence-corrected chi connectivity index (χ1v) is 8.42. The van der Waals surface area contributed by atoms with Gasteiger partial charge in [-0.05, 0) is 0 Å². The molecule has 0 bridgehead atoms. The maximum atomic E-state index is 5.70. The zero-order valence-corrected chi connectivity index (χ0v) is 12.2. The number of hydrogen-bond acceptors (Lipinski definition) is 2. The molecule has 1 aliphatic heterocycles. The van der Waals surface area contributed by atoms with Gasteiger partial charge in [0.25, 0.3) is 0 Å². The first kappa shape index (κ1) is 12.5. The first-order chi connectivity index (χ1) is 9.42. The van der Waals surface area contributed by atoms with E-state index in [1.807, 2.05) is 30.3 Å². The third-order valence-electron chi connectivity index (χ3n) is 2.92. The topological polar surface area (TPSA) is 21.6 Å². The summed E-state index contributed by atoms with van der Waals surface area (Å²) >= 11 is 0.477. The van der Waals surface area contributed by atoms with Crippen LogP contribution in [0, 0.1) is 0 Å². The van der Waals surface area contributed by atoms with Gasteiger partial charge in [0.2, 0.25) is 0 Å². The third-order valence-corrected chi connectivity index (χ3v) is 5.35. The number of nitrogens with zero attached hydrogens (tertiary/aromatic N) is 1. The molecular formula is C16H15NOSe. The molecule has 1 heterocycles. The molecule has 0 aliphatic carbocycles. The molecule has 19 heavy (non-hydrogen) atoms. The first-order valence-electron chi connectivity index (χ1n) is 6.36. The summed E-state index contributed by atoms with van der Waals surface area (Å²) in [5, 5.41) is 1.10. The van der Waals surface area contributed by atoms with Crippen molar-refractivity contribution >= 4 is 25.3 Å². The van der Waals surface area contributed by atoms with Crippen molar-refractivity contribution in [2.75, 3.05) is 6.61 Å². The van der Waals surface area contributed by atoms with E-state index in [-0.39, 0.29) is 0 Å². The molecule has 2 nitrogen and oxygen atoms in total. The van der Waals surface area contributed by atoms with Gasteiger partial charge in [0.15, 0.2) is 0 Å².